The Morgan fingerprint density at radius 1 is 1.27 bits per heavy atom. The molecule has 1 N–H and O–H groups in total. The standard InChI is InChI=1S/C19H24N6O/c1-24(9-10-25-8-3-2-6-17(25)26)19-15-12-21-13-16(15)22-18(23-19)14-5-4-7-20-11-14/h4-5,7,11,21H,2-3,6,8-10,12-13H2,1H3. The molecule has 2 aliphatic rings. The molecule has 7 nitrogen and oxygen atoms in total. The largest absolute Gasteiger partial charge is 0.358 e. The van der Waals surface area contributed by atoms with Gasteiger partial charge < -0.3 is 15.1 Å². The molecule has 7 heteroatoms. The molecule has 4 rings (SSSR count). The fraction of sp³-hybridized carbons (Fsp3) is 0.474. The fourth-order valence-corrected chi connectivity index (χ4v) is 3.57. The van der Waals surface area contributed by atoms with Crippen molar-refractivity contribution in [3.05, 3.63) is 35.8 Å². The number of fused-ring (bicyclic) bond motifs is 1. The van der Waals surface area contributed by atoms with E-state index in [1.165, 1.54) is 0 Å². The van der Waals surface area contributed by atoms with Crippen LogP contribution in [0.3, 0.4) is 0 Å². The van der Waals surface area contributed by atoms with Crippen LogP contribution in [0, 0.1) is 0 Å². The minimum Gasteiger partial charge on any atom is -0.358 e. The van der Waals surface area contributed by atoms with Crippen molar-refractivity contribution < 1.29 is 4.79 Å². The molecule has 136 valence electrons. The van der Waals surface area contributed by atoms with Crippen LogP contribution >= 0.6 is 0 Å². The smallest absolute Gasteiger partial charge is 0.222 e. The van der Waals surface area contributed by atoms with E-state index in [4.69, 9.17) is 9.97 Å². The molecule has 2 aromatic rings. The lowest BCUT2D eigenvalue weighted by Gasteiger charge is -2.29. The number of pyridine rings is 1. The first-order valence-corrected chi connectivity index (χ1v) is 9.22. The first-order valence-electron chi connectivity index (χ1n) is 9.22. The molecular formula is C19H24N6O. The van der Waals surface area contributed by atoms with Gasteiger partial charge in [0.25, 0.3) is 0 Å². The van der Waals surface area contributed by atoms with Crippen molar-refractivity contribution in [3.63, 3.8) is 0 Å². The first-order chi connectivity index (χ1) is 12.7. The summed E-state index contributed by atoms with van der Waals surface area (Å²) in [5.41, 5.74) is 3.13. The molecular weight excluding hydrogens is 328 g/mol. The summed E-state index contributed by atoms with van der Waals surface area (Å²) in [7, 11) is 2.04. The number of carbonyl (C=O) groups excluding carboxylic acids is 1. The molecule has 26 heavy (non-hydrogen) atoms. The number of rotatable bonds is 5. The lowest BCUT2D eigenvalue weighted by molar-refractivity contribution is -0.133. The number of hydrogen-bond donors (Lipinski definition) is 1. The van der Waals surface area contributed by atoms with E-state index in [9.17, 15) is 4.79 Å². The number of aromatic nitrogens is 3. The summed E-state index contributed by atoms with van der Waals surface area (Å²) in [5.74, 6) is 1.93. The van der Waals surface area contributed by atoms with Crippen molar-refractivity contribution in [2.75, 3.05) is 31.6 Å². The lowest BCUT2D eigenvalue weighted by Crippen LogP contribution is -2.40. The van der Waals surface area contributed by atoms with E-state index in [2.05, 4.69) is 15.2 Å². The van der Waals surface area contributed by atoms with Crippen molar-refractivity contribution in [2.45, 2.75) is 32.4 Å². The maximum Gasteiger partial charge on any atom is 0.222 e. The van der Waals surface area contributed by atoms with Crippen LogP contribution in [-0.4, -0.2) is 52.4 Å². The molecule has 2 aromatic heterocycles. The summed E-state index contributed by atoms with van der Waals surface area (Å²) in [4.78, 5) is 29.9. The second kappa shape index (κ2) is 7.37. The highest BCUT2D eigenvalue weighted by Crippen LogP contribution is 2.27. The topological polar surface area (TPSA) is 74.2 Å². The molecule has 0 aromatic carbocycles. The van der Waals surface area contributed by atoms with Crippen LogP contribution in [0.4, 0.5) is 5.82 Å². The number of nitrogens with zero attached hydrogens (tertiary/aromatic N) is 5. The van der Waals surface area contributed by atoms with E-state index in [0.717, 1.165) is 68.2 Å². The zero-order valence-electron chi connectivity index (χ0n) is 15.1. The minimum atomic E-state index is 0.273. The second-order valence-electron chi connectivity index (χ2n) is 6.90. The molecule has 0 saturated carbocycles. The Balaban J connectivity index is 1.56. The Morgan fingerprint density at radius 3 is 3.00 bits per heavy atom. The molecule has 1 saturated heterocycles. The van der Waals surface area contributed by atoms with E-state index in [1.54, 1.807) is 12.4 Å². The molecule has 0 atom stereocenters. The Labute approximate surface area is 153 Å². The Bertz CT molecular complexity index is 794. The van der Waals surface area contributed by atoms with Gasteiger partial charge in [-0.25, -0.2) is 9.97 Å². The lowest BCUT2D eigenvalue weighted by atomic mass is 10.1. The number of hydrogen-bond acceptors (Lipinski definition) is 6. The van der Waals surface area contributed by atoms with Gasteiger partial charge in [0.05, 0.1) is 5.69 Å². The Hall–Kier alpha value is -2.54. The molecule has 0 unspecified atom stereocenters. The second-order valence-corrected chi connectivity index (χ2v) is 6.90. The van der Waals surface area contributed by atoms with E-state index in [0.29, 0.717) is 12.2 Å². The van der Waals surface area contributed by atoms with Crippen molar-refractivity contribution in [2.24, 2.45) is 0 Å². The van der Waals surface area contributed by atoms with Gasteiger partial charge in [-0.05, 0) is 25.0 Å². The predicted octanol–water partition coefficient (Wildman–Crippen LogP) is 1.59. The average Bonchev–Trinajstić information content (AvgIpc) is 3.15. The summed E-state index contributed by atoms with van der Waals surface area (Å²) in [6.45, 7) is 3.92. The van der Waals surface area contributed by atoms with E-state index >= 15 is 0 Å². The molecule has 0 bridgehead atoms. The SMILES string of the molecule is CN(CCN1CCCCC1=O)c1nc(-c2cccnc2)nc2c1CNC2. The number of anilines is 1. The predicted molar refractivity (Wildman–Crippen MR) is 99.5 cm³/mol. The van der Waals surface area contributed by atoms with Gasteiger partial charge >= 0.3 is 0 Å². The zero-order valence-corrected chi connectivity index (χ0v) is 15.1. The quantitative estimate of drug-likeness (QED) is 0.881. The number of piperidine rings is 1. The Morgan fingerprint density at radius 2 is 2.19 bits per heavy atom. The van der Waals surface area contributed by atoms with Crippen molar-refractivity contribution >= 4 is 11.7 Å². The third kappa shape index (κ3) is 3.39. The van der Waals surface area contributed by atoms with Crippen molar-refractivity contribution in [1.29, 1.82) is 0 Å². The van der Waals surface area contributed by atoms with Crippen LogP contribution < -0.4 is 10.2 Å². The molecule has 4 heterocycles. The molecule has 0 aliphatic carbocycles. The van der Waals surface area contributed by atoms with E-state index in [1.807, 2.05) is 24.1 Å². The van der Waals surface area contributed by atoms with Gasteiger partial charge in [0, 0.05) is 69.7 Å². The summed E-state index contributed by atoms with van der Waals surface area (Å²) in [6, 6.07) is 3.88. The Kier molecular flexibility index (Phi) is 4.79. The van der Waals surface area contributed by atoms with Crippen molar-refractivity contribution in [1.82, 2.24) is 25.2 Å². The monoisotopic (exact) mass is 352 g/mol. The summed E-state index contributed by atoms with van der Waals surface area (Å²) < 4.78 is 0. The minimum absolute atomic E-state index is 0.273. The maximum atomic E-state index is 12.0. The summed E-state index contributed by atoms with van der Waals surface area (Å²) >= 11 is 0. The van der Waals surface area contributed by atoms with Gasteiger partial charge in [0.1, 0.15) is 5.82 Å². The number of carbonyl (C=O) groups is 1. The summed E-state index contributed by atoms with van der Waals surface area (Å²) in [6.07, 6.45) is 6.35. The van der Waals surface area contributed by atoms with Gasteiger partial charge in [-0.2, -0.15) is 0 Å². The van der Waals surface area contributed by atoms with Crippen LogP contribution in [0.2, 0.25) is 0 Å². The molecule has 0 radical (unpaired) electrons. The van der Waals surface area contributed by atoms with Crippen LogP contribution in [0.25, 0.3) is 11.4 Å². The van der Waals surface area contributed by atoms with Gasteiger partial charge in [-0.1, -0.05) is 0 Å². The van der Waals surface area contributed by atoms with Gasteiger partial charge in [-0.3, -0.25) is 9.78 Å². The molecule has 0 spiro atoms. The van der Waals surface area contributed by atoms with Gasteiger partial charge in [-0.15, -0.1) is 0 Å². The number of nitrogens with one attached hydrogen (secondary N) is 1. The highest BCUT2D eigenvalue weighted by Gasteiger charge is 2.23. The number of likely N-dealkylation sites (tertiary alicyclic amines) is 1. The molecule has 1 fully saturated rings. The first kappa shape index (κ1) is 16.9. The number of amides is 1. The van der Waals surface area contributed by atoms with Crippen LogP contribution in [0.1, 0.15) is 30.5 Å². The molecule has 2 aliphatic heterocycles. The van der Waals surface area contributed by atoms with E-state index < -0.39 is 0 Å². The van der Waals surface area contributed by atoms with E-state index in [-0.39, 0.29) is 5.91 Å². The van der Waals surface area contributed by atoms with Crippen LogP contribution in [0.15, 0.2) is 24.5 Å². The maximum absolute atomic E-state index is 12.0. The fourth-order valence-electron chi connectivity index (χ4n) is 3.57. The normalized spacial score (nSPS) is 16.7. The van der Waals surface area contributed by atoms with Gasteiger partial charge in [0.15, 0.2) is 5.82 Å². The number of likely N-dealkylation sites (N-methyl/N-ethyl adjacent to an activating group) is 1. The summed E-state index contributed by atoms with van der Waals surface area (Å²) in [5, 5.41) is 3.36. The third-order valence-corrected chi connectivity index (χ3v) is 5.07. The average molecular weight is 352 g/mol. The zero-order chi connectivity index (χ0) is 17.9. The molecule has 1 amide bonds. The highest BCUT2D eigenvalue weighted by atomic mass is 16.2. The van der Waals surface area contributed by atoms with Gasteiger partial charge in [0.2, 0.25) is 5.91 Å². The third-order valence-electron chi connectivity index (χ3n) is 5.07. The van der Waals surface area contributed by atoms with Crippen LogP contribution in [-0.2, 0) is 17.9 Å². The van der Waals surface area contributed by atoms with Crippen molar-refractivity contribution in [3.8, 4) is 11.4 Å². The highest BCUT2D eigenvalue weighted by molar-refractivity contribution is 5.76. The van der Waals surface area contributed by atoms with Crippen LogP contribution in [0.5, 0.6) is 0 Å².